The lowest BCUT2D eigenvalue weighted by Crippen LogP contribution is -2.58. The number of rotatable bonds is 6. The summed E-state index contributed by atoms with van der Waals surface area (Å²) in [5.74, 6) is 0. The summed E-state index contributed by atoms with van der Waals surface area (Å²) in [6.07, 6.45) is 14.9. The van der Waals surface area contributed by atoms with Crippen LogP contribution in [0.1, 0.15) is 65.2 Å². The molecule has 3 heteroatoms. The van der Waals surface area contributed by atoms with Crippen molar-refractivity contribution in [1.82, 2.24) is 4.98 Å². The van der Waals surface area contributed by atoms with Crippen LogP contribution in [0.15, 0.2) is 18.5 Å². The van der Waals surface area contributed by atoms with Crippen molar-refractivity contribution in [3.63, 3.8) is 0 Å². The third-order valence-electron chi connectivity index (χ3n) is 5.48. The lowest BCUT2D eigenvalue weighted by atomic mass is 9.85. The van der Waals surface area contributed by atoms with Gasteiger partial charge in [0.25, 0.3) is 0 Å². The van der Waals surface area contributed by atoms with Gasteiger partial charge in [0.1, 0.15) is 0 Å². The third-order valence-corrected chi connectivity index (χ3v) is 5.48. The first-order valence-corrected chi connectivity index (χ1v) is 9.34. The summed E-state index contributed by atoms with van der Waals surface area (Å²) in [6.45, 7) is 6.91. The lowest BCUT2D eigenvalue weighted by molar-refractivity contribution is 0.335. The minimum absolute atomic E-state index is 0.701. The smallest absolute Gasteiger partial charge is 0.0793 e. The van der Waals surface area contributed by atoms with Gasteiger partial charge in [-0.3, -0.25) is 4.98 Å². The van der Waals surface area contributed by atoms with Crippen LogP contribution in [0.5, 0.6) is 0 Å². The molecule has 0 aromatic carbocycles. The Morgan fingerprint density at radius 1 is 1.00 bits per heavy atom. The minimum atomic E-state index is 0.701. The molecule has 22 heavy (non-hydrogen) atoms. The molecule has 3 nitrogen and oxygen atoms in total. The van der Waals surface area contributed by atoms with Gasteiger partial charge >= 0.3 is 0 Å². The van der Waals surface area contributed by atoms with Crippen LogP contribution in [0.2, 0.25) is 0 Å². The van der Waals surface area contributed by atoms with E-state index < -0.39 is 0 Å². The zero-order chi connectivity index (χ0) is 15.4. The van der Waals surface area contributed by atoms with Gasteiger partial charge in [-0.1, -0.05) is 39.0 Å². The second-order valence-electron chi connectivity index (χ2n) is 6.82. The highest BCUT2D eigenvalue weighted by Crippen LogP contribution is 2.42. The monoisotopic (exact) mass is 301 g/mol. The van der Waals surface area contributed by atoms with Crippen molar-refractivity contribution in [2.45, 2.75) is 77.3 Å². The molecule has 0 radical (unpaired) electrons. The normalized spacial score (nSPS) is 24.1. The first-order valence-electron chi connectivity index (χ1n) is 9.34. The first-order chi connectivity index (χ1) is 10.9. The van der Waals surface area contributed by atoms with Crippen molar-refractivity contribution in [3.8, 4) is 0 Å². The second-order valence-corrected chi connectivity index (χ2v) is 6.82. The molecule has 0 N–H and O–H groups in total. The molecule has 1 aromatic heterocycles. The fourth-order valence-corrected chi connectivity index (χ4v) is 4.42. The summed E-state index contributed by atoms with van der Waals surface area (Å²) in [6, 6.07) is 3.63. The number of pyridine rings is 1. The molecule has 0 saturated heterocycles. The molecule has 0 bridgehead atoms. The zero-order valence-corrected chi connectivity index (χ0v) is 14.3. The molecule has 1 aliphatic carbocycles. The average Bonchev–Trinajstić information content (AvgIpc) is 2.58. The van der Waals surface area contributed by atoms with E-state index in [0.29, 0.717) is 12.1 Å². The molecule has 1 saturated carbocycles. The Labute approximate surface area is 135 Å². The standard InChI is InChI=1S/C19H31N3/c1-3-5-6-9-14-22-17-11-8-7-10-16(17)21(4-2)18-12-13-20-15-19(18)22/h12-13,15-17H,3-11,14H2,1-2H3/t16-,17+/m0/s1. The van der Waals surface area contributed by atoms with Gasteiger partial charge in [0.15, 0.2) is 0 Å². The van der Waals surface area contributed by atoms with Crippen LogP contribution in [0.3, 0.4) is 0 Å². The number of aromatic nitrogens is 1. The number of fused-ring (bicyclic) bond motifs is 2. The van der Waals surface area contributed by atoms with Gasteiger partial charge in [-0.25, -0.2) is 0 Å². The molecule has 0 amide bonds. The summed E-state index contributed by atoms with van der Waals surface area (Å²) in [5, 5.41) is 0. The third kappa shape index (κ3) is 2.95. The molecular formula is C19H31N3. The summed E-state index contributed by atoms with van der Waals surface area (Å²) >= 11 is 0. The highest BCUT2D eigenvalue weighted by molar-refractivity contribution is 5.74. The summed E-state index contributed by atoms with van der Waals surface area (Å²) in [4.78, 5) is 9.78. The highest BCUT2D eigenvalue weighted by Gasteiger charge is 2.39. The molecule has 0 spiro atoms. The molecule has 2 atom stereocenters. The number of hydrogen-bond donors (Lipinski definition) is 0. The summed E-state index contributed by atoms with van der Waals surface area (Å²) in [7, 11) is 0. The van der Waals surface area contributed by atoms with E-state index in [2.05, 4.69) is 40.9 Å². The van der Waals surface area contributed by atoms with Crippen LogP contribution in [0, 0.1) is 0 Å². The van der Waals surface area contributed by atoms with E-state index in [4.69, 9.17) is 0 Å². The van der Waals surface area contributed by atoms with E-state index in [-0.39, 0.29) is 0 Å². The molecular weight excluding hydrogens is 270 g/mol. The minimum Gasteiger partial charge on any atom is -0.365 e. The maximum atomic E-state index is 4.43. The Kier molecular flexibility index (Phi) is 5.22. The number of likely N-dealkylation sites (N-methyl/N-ethyl adjacent to an activating group) is 1. The molecule has 122 valence electrons. The number of unbranched alkanes of at least 4 members (excludes halogenated alkanes) is 3. The van der Waals surface area contributed by atoms with Crippen molar-refractivity contribution in [1.29, 1.82) is 0 Å². The largest absolute Gasteiger partial charge is 0.365 e. The van der Waals surface area contributed by atoms with Crippen molar-refractivity contribution in [2.24, 2.45) is 0 Å². The second kappa shape index (κ2) is 7.34. The number of anilines is 2. The van der Waals surface area contributed by atoms with E-state index in [1.165, 1.54) is 69.3 Å². The van der Waals surface area contributed by atoms with Gasteiger partial charge < -0.3 is 9.80 Å². The van der Waals surface area contributed by atoms with Crippen LogP contribution < -0.4 is 9.80 Å². The number of hydrogen-bond acceptors (Lipinski definition) is 3. The van der Waals surface area contributed by atoms with Gasteiger partial charge in [0.05, 0.1) is 17.6 Å². The van der Waals surface area contributed by atoms with Gasteiger partial charge in [-0.05, 0) is 32.3 Å². The predicted octanol–water partition coefficient (Wildman–Crippen LogP) is 4.62. The highest BCUT2D eigenvalue weighted by atomic mass is 15.3. The molecule has 1 fully saturated rings. The van der Waals surface area contributed by atoms with E-state index in [1.807, 2.05) is 6.20 Å². The molecule has 0 unspecified atom stereocenters. The quantitative estimate of drug-likeness (QED) is 0.715. The van der Waals surface area contributed by atoms with Crippen LogP contribution >= 0.6 is 0 Å². The van der Waals surface area contributed by atoms with E-state index in [0.717, 1.165) is 6.54 Å². The molecule has 2 heterocycles. The number of nitrogens with zero attached hydrogens (tertiary/aromatic N) is 3. The average molecular weight is 301 g/mol. The SMILES string of the molecule is CCCCCCN1c2cnccc2N(CC)[C@H]2CCCC[C@H]21. The van der Waals surface area contributed by atoms with E-state index >= 15 is 0 Å². The Hall–Kier alpha value is -1.25. The zero-order valence-electron chi connectivity index (χ0n) is 14.3. The Balaban J connectivity index is 1.85. The Bertz CT molecular complexity index is 474. The lowest BCUT2D eigenvalue weighted by Gasteiger charge is -2.52. The predicted molar refractivity (Wildman–Crippen MR) is 94.8 cm³/mol. The van der Waals surface area contributed by atoms with Gasteiger partial charge in [0, 0.05) is 31.4 Å². The van der Waals surface area contributed by atoms with Crippen LogP contribution in [0.25, 0.3) is 0 Å². The van der Waals surface area contributed by atoms with Crippen molar-refractivity contribution in [2.75, 3.05) is 22.9 Å². The molecule has 3 rings (SSSR count). The van der Waals surface area contributed by atoms with Gasteiger partial charge in [0.2, 0.25) is 0 Å². The Morgan fingerprint density at radius 3 is 2.50 bits per heavy atom. The topological polar surface area (TPSA) is 19.4 Å². The van der Waals surface area contributed by atoms with Crippen molar-refractivity contribution >= 4 is 11.4 Å². The summed E-state index contributed by atoms with van der Waals surface area (Å²) in [5.41, 5.74) is 2.79. The van der Waals surface area contributed by atoms with Gasteiger partial charge in [-0.15, -0.1) is 0 Å². The first kappa shape index (κ1) is 15.6. The fraction of sp³-hybridized carbons (Fsp3) is 0.737. The maximum Gasteiger partial charge on any atom is 0.0793 e. The van der Waals surface area contributed by atoms with Crippen molar-refractivity contribution in [3.05, 3.63) is 18.5 Å². The van der Waals surface area contributed by atoms with E-state index in [1.54, 1.807) is 0 Å². The Morgan fingerprint density at radius 2 is 1.77 bits per heavy atom. The van der Waals surface area contributed by atoms with E-state index in [9.17, 15) is 0 Å². The summed E-state index contributed by atoms with van der Waals surface area (Å²) < 4.78 is 0. The molecule has 1 aliphatic heterocycles. The fourth-order valence-electron chi connectivity index (χ4n) is 4.42. The van der Waals surface area contributed by atoms with Crippen molar-refractivity contribution < 1.29 is 0 Å². The molecule has 2 aliphatic rings. The van der Waals surface area contributed by atoms with Crippen LogP contribution in [-0.4, -0.2) is 30.2 Å². The molecule has 1 aromatic rings. The van der Waals surface area contributed by atoms with Crippen LogP contribution in [-0.2, 0) is 0 Å². The van der Waals surface area contributed by atoms with Gasteiger partial charge in [-0.2, -0.15) is 0 Å². The maximum absolute atomic E-state index is 4.43. The van der Waals surface area contributed by atoms with Crippen LogP contribution in [0.4, 0.5) is 11.4 Å².